The SMILES string of the molecule is CNC(C)CC(C)Oc1ccc2c(c1)CCC(=O)N2. The molecule has 0 aromatic heterocycles. The molecule has 1 aliphatic heterocycles. The van der Waals surface area contributed by atoms with E-state index in [1.807, 2.05) is 25.2 Å². The third-order valence-electron chi connectivity index (χ3n) is 3.49. The van der Waals surface area contributed by atoms with Crippen molar-refractivity contribution < 1.29 is 9.53 Å². The van der Waals surface area contributed by atoms with Gasteiger partial charge in [-0.05, 0) is 57.5 Å². The molecule has 19 heavy (non-hydrogen) atoms. The van der Waals surface area contributed by atoms with E-state index in [1.54, 1.807) is 0 Å². The second kappa shape index (κ2) is 6.06. The fraction of sp³-hybridized carbons (Fsp3) is 0.533. The molecule has 1 aliphatic rings. The van der Waals surface area contributed by atoms with Gasteiger partial charge in [0.1, 0.15) is 5.75 Å². The molecule has 0 saturated carbocycles. The van der Waals surface area contributed by atoms with Gasteiger partial charge < -0.3 is 15.4 Å². The van der Waals surface area contributed by atoms with Crippen LogP contribution in [0, 0.1) is 0 Å². The van der Waals surface area contributed by atoms with E-state index >= 15 is 0 Å². The first-order chi connectivity index (χ1) is 9.08. The van der Waals surface area contributed by atoms with Gasteiger partial charge in [0.05, 0.1) is 6.10 Å². The zero-order valence-corrected chi connectivity index (χ0v) is 11.8. The first-order valence-electron chi connectivity index (χ1n) is 6.85. The molecular weight excluding hydrogens is 240 g/mol. The summed E-state index contributed by atoms with van der Waals surface area (Å²) in [5.41, 5.74) is 2.07. The van der Waals surface area contributed by atoms with Crippen LogP contribution in [0.1, 0.15) is 32.3 Å². The number of rotatable bonds is 5. The number of carbonyl (C=O) groups is 1. The highest BCUT2D eigenvalue weighted by atomic mass is 16.5. The number of hydrogen-bond donors (Lipinski definition) is 2. The van der Waals surface area contributed by atoms with Crippen LogP contribution in [-0.4, -0.2) is 25.1 Å². The van der Waals surface area contributed by atoms with Crippen LogP contribution in [0.5, 0.6) is 5.75 Å². The van der Waals surface area contributed by atoms with Gasteiger partial charge in [-0.1, -0.05) is 0 Å². The number of ether oxygens (including phenoxy) is 1. The number of carbonyl (C=O) groups excluding carboxylic acids is 1. The number of benzene rings is 1. The van der Waals surface area contributed by atoms with Crippen molar-refractivity contribution in [3.05, 3.63) is 23.8 Å². The quantitative estimate of drug-likeness (QED) is 0.856. The summed E-state index contributed by atoms with van der Waals surface area (Å²) in [6.45, 7) is 4.22. The highest BCUT2D eigenvalue weighted by Crippen LogP contribution is 2.27. The van der Waals surface area contributed by atoms with Gasteiger partial charge in [0, 0.05) is 18.2 Å². The van der Waals surface area contributed by atoms with Crippen molar-refractivity contribution in [1.82, 2.24) is 5.32 Å². The van der Waals surface area contributed by atoms with Crippen LogP contribution in [0.25, 0.3) is 0 Å². The van der Waals surface area contributed by atoms with Gasteiger partial charge in [-0.25, -0.2) is 0 Å². The van der Waals surface area contributed by atoms with Crippen LogP contribution in [0.15, 0.2) is 18.2 Å². The molecule has 4 heteroatoms. The van der Waals surface area contributed by atoms with Crippen molar-refractivity contribution in [1.29, 1.82) is 0 Å². The molecule has 2 unspecified atom stereocenters. The lowest BCUT2D eigenvalue weighted by atomic mass is 10.0. The summed E-state index contributed by atoms with van der Waals surface area (Å²) in [7, 11) is 1.96. The Morgan fingerprint density at radius 2 is 2.16 bits per heavy atom. The molecule has 0 aliphatic carbocycles. The summed E-state index contributed by atoms with van der Waals surface area (Å²) in [5, 5.41) is 6.09. The molecule has 0 bridgehead atoms. The molecule has 1 heterocycles. The molecular formula is C15H22N2O2. The fourth-order valence-electron chi connectivity index (χ4n) is 2.33. The van der Waals surface area contributed by atoms with E-state index in [0.717, 1.165) is 29.8 Å². The lowest BCUT2D eigenvalue weighted by molar-refractivity contribution is -0.116. The summed E-state index contributed by atoms with van der Waals surface area (Å²) >= 11 is 0. The van der Waals surface area contributed by atoms with Crippen LogP contribution < -0.4 is 15.4 Å². The normalized spacial score (nSPS) is 17.3. The molecule has 1 aromatic rings. The van der Waals surface area contributed by atoms with Gasteiger partial charge in [-0.3, -0.25) is 4.79 Å². The Morgan fingerprint density at radius 3 is 2.89 bits per heavy atom. The van der Waals surface area contributed by atoms with E-state index in [2.05, 4.69) is 24.5 Å². The molecule has 4 nitrogen and oxygen atoms in total. The maximum Gasteiger partial charge on any atom is 0.224 e. The van der Waals surface area contributed by atoms with Crippen molar-refractivity contribution in [3.63, 3.8) is 0 Å². The summed E-state index contributed by atoms with van der Waals surface area (Å²) in [6.07, 6.45) is 2.48. The van der Waals surface area contributed by atoms with Gasteiger partial charge in [0.2, 0.25) is 5.91 Å². The summed E-state index contributed by atoms with van der Waals surface area (Å²) in [6, 6.07) is 6.32. The van der Waals surface area contributed by atoms with Gasteiger partial charge in [-0.15, -0.1) is 0 Å². The Bertz CT molecular complexity index is 459. The van der Waals surface area contributed by atoms with E-state index in [4.69, 9.17) is 4.74 Å². The van der Waals surface area contributed by atoms with Crippen LogP contribution in [0.2, 0.25) is 0 Å². The van der Waals surface area contributed by atoms with Crippen molar-refractivity contribution in [2.24, 2.45) is 0 Å². The number of anilines is 1. The first-order valence-corrected chi connectivity index (χ1v) is 6.85. The fourth-order valence-corrected chi connectivity index (χ4v) is 2.33. The molecule has 0 fully saturated rings. The highest BCUT2D eigenvalue weighted by molar-refractivity contribution is 5.93. The van der Waals surface area contributed by atoms with Crippen LogP contribution in [0.4, 0.5) is 5.69 Å². The third-order valence-corrected chi connectivity index (χ3v) is 3.49. The average molecular weight is 262 g/mol. The van der Waals surface area contributed by atoms with Crippen LogP contribution >= 0.6 is 0 Å². The Morgan fingerprint density at radius 1 is 1.37 bits per heavy atom. The zero-order chi connectivity index (χ0) is 13.8. The maximum atomic E-state index is 11.3. The summed E-state index contributed by atoms with van der Waals surface area (Å²) in [4.78, 5) is 11.3. The average Bonchev–Trinajstić information content (AvgIpc) is 2.38. The lowest BCUT2D eigenvalue weighted by Gasteiger charge is -2.21. The Hall–Kier alpha value is -1.55. The Balaban J connectivity index is 2.00. The molecule has 1 amide bonds. The van der Waals surface area contributed by atoms with E-state index in [-0.39, 0.29) is 12.0 Å². The molecule has 1 aromatic carbocycles. The smallest absolute Gasteiger partial charge is 0.224 e. The molecule has 0 spiro atoms. The predicted molar refractivity (Wildman–Crippen MR) is 76.6 cm³/mol. The summed E-state index contributed by atoms with van der Waals surface area (Å²) < 4.78 is 5.93. The van der Waals surface area contributed by atoms with E-state index in [0.29, 0.717) is 12.5 Å². The van der Waals surface area contributed by atoms with Crippen molar-refractivity contribution >= 4 is 11.6 Å². The lowest BCUT2D eigenvalue weighted by Crippen LogP contribution is -2.28. The standard InChI is InChI=1S/C15H22N2O2/c1-10(16-3)8-11(2)19-13-5-6-14-12(9-13)4-7-15(18)17-14/h5-6,9-11,16H,4,7-8H2,1-3H3,(H,17,18). The third kappa shape index (κ3) is 3.70. The van der Waals surface area contributed by atoms with Gasteiger partial charge >= 0.3 is 0 Å². The number of amides is 1. The number of hydrogen-bond acceptors (Lipinski definition) is 3. The maximum absolute atomic E-state index is 11.3. The highest BCUT2D eigenvalue weighted by Gasteiger charge is 2.16. The molecule has 2 N–H and O–H groups in total. The molecule has 104 valence electrons. The van der Waals surface area contributed by atoms with E-state index < -0.39 is 0 Å². The second-order valence-corrected chi connectivity index (χ2v) is 5.22. The first kappa shape index (κ1) is 13.9. The zero-order valence-electron chi connectivity index (χ0n) is 11.8. The van der Waals surface area contributed by atoms with Crippen molar-refractivity contribution in [3.8, 4) is 5.75 Å². The molecule has 2 rings (SSSR count). The monoisotopic (exact) mass is 262 g/mol. The minimum absolute atomic E-state index is 0.0948. The summed E-state index contributed by atoms with van der Waals surface area (Å²) in [5.74, 6) is 0.975. The topological polar surface area (TPSA) is 50.4 Å². The van der Waals surface area contributed by atoms with Gasteiger partial charge in [0.25, 0.3) is 0 Å². The van der Waals surface area contributed by atoms with Gasteiger partial charge in [-0.2, -0.15) is 0 Å². The van der Waals surface area contributed by atoms with Gasteiger partial charge in [0.15, 0.2) is 0 Å². The second-order valence-electron chi connectivity index (χ2n) is 5.22. The van der Waals surface area contributed by atoms with Crippen LogP contribution in [-0.2, 0) is 11.2 Å². The Labute approximate surface area is 114 Å². The van der Waals surface area contributed by atoms with E-state index in [1.165, 1.54) is 0 Å². The number of aryl methyl sites for hydroxylation is 1. The molecule has 0 saturated heterocycles. The minimum Gasteiger partial charge on any atom is -0.491 e. The predicted octanol–water partition coefficient (Wildman–Crippen LogP) is 2.34. The largest absolute Gasteiger partial charge is 0.491 e. The number of nitrogens with one attached hydrogen (secondary N) is 2. The van der Waals surface area contributed by atoms with Crippen molar-refractivity contribution in [2.75, 3.05) is 12.4 Å². The van der Waals surface area contributed by atoms with Crippen LogP contribution in [0.3, 0.4) is 0 Å². The van der Waals surface area contributed by atoms with Crippen molar-refractivity contribution in [2.45, 2.75) is 45.3 Å². The number of fused-ring (bicyclic) bond motifs is 1. The van der Waals surface area contributed by atoms with E-state index in [9.17, 15) is 4.79 Å². The molecule has 0 radical (unpaired) electrons. The Kier molecular flexibility index (Phi) is 4.43. The minimum atomic E-state index is 0.0948. The molecule has 2 atom stereocenters.